The Kier molecular flexibility index (Phi) is 5.81. The van der Waals surface area contributed by atoms with Crippen LogP contribution in [0.2, 0.25) is 5.02 Å². The molecule has 0 aliphatic rings. The first-order valence-electron chi connectivity index (χ1n) is 9.18. The molecule has 0 fully saturated rings. The van der Waals surface area contributed by atoms with E-state index in [4.69, 9.17) is 16.1 Å². The van der Waals surface area contributed by atoms with E-state index >= 15 is 0 Å². The third-order valence-corrected chi connectivity index (χ3v) is 5.88. The molecule has 4 aromatic rings. The van der Waals surface area contributed by atoms with Crippen LogP contribution in [-0.4, -0.2) is 19.9 Å². The van der Waals surface area contributed by atoms with Crippen LogP contribution < -0.4 is 0 Å². The van der Waals surface area contributed by atoms with Gasteiger partial charge in [0, 0.05) is 21.9 Å². The molecule has 10 heteroatoms. The molecule has 0 amide bonds. The lowest BCUT2D eigenvalue weighted by atomic mass is 10.1. The molecule has 2 heterocycles. The summed E-state index contributed by atoms with van der Waals surface area (Å²) in [5.41, 5.74) is 1.31. The predicted molar refractivity (Wildman–Crippen MR) is 112 cm³/mol. The monoisotopic (exact) mass is 464 g/mol. The van der Waals surface area contributed by atoms with Crippen LogP contribution in [0.1, 0.15) is 22.6 Å². The van der Waals surface area contributed by atoms with Gasteiger partial charge in [0.05, 0.1) is 16.9 Å². The summed E-state index contributed by atoms with van der Waals surface area (Å²) in [4.78, 5) is 0. The lowest BCUT2D eigenvalue weighted by Crippen LogP contribution is -2.12. The second-order valence-electron chi connectivity index (χ2n) is 6.76. The van der Waals surface area contributed by atoms with Gasteiger partial charge in [-0.25, -0.2) is 0 Å². The molecule has 0 bridgehead atoms. The highest BCUT2D eigenvalue weighted by molar-refractivity contribution is 7.98. The van der Waals surface area contributed by atoms with Crippen molar-refractivity contribution in [2.24, 2.45) is 0 Å². The largest absolute Gasteiger partial charge is 0.418 e. The third kappa shape index (κ3) is 4.33. The van der Waals surface area contributed by atoms with E-state index in [0.29, 0.717) is 27.3 Å². The van der Waals surface area contributed by atoms with Gasteiger partial charge in [-0.2, -0.15) is 13.2 Å². The number of thioether (sulfide) groups is 1. The molecule has 0 saturated carbocycles. The first-order chi connectivity index (χ1) is 14.8. The van der Waals surface area contributed by atoms with Crippen LogP contribution in [0, 0.1) is 13.8 Å². The van der Waals surface area contributed by atoms with Crippen LogP contribution in [0.15, 0.2) is 58.2 Å². The van der Waals surface area contributed by atoms with Crippen molar-refractivity contribution in [2.45, 2.75) is 30.9 Å². The van der Waals surface area contributed by atoms with Crippen molar-refractivity contribution < 1.29 is 17.7 Å². The Morgan fingerprint density at radius 1 is 1.06 bits per heavy atom. The average molecular weight is 465 g/mol. The lowest BCUT2D eigenvalue weighted by molar-refractivity contribution is -0.137. The standard InChI is InChI=1S/C21H16ClF3N4OS/c1-12-16(13(2)30-28-12)11-31-20-27-26-19(14-6-5-7-15(22)10-14)29(20)18-9-4-3-8-17(18)21(23,24)25/h3-10H,11H2,1-2H3. The number of alkyl halides is 3. The Balaban J connectivity index is 1.86. The molecule has 0 saturated heterocycles. The van der Waals surface area contributed by atoms with Crippen molar-refractivity contribution in [3.8, 4) is 17.1 Å². The van der Waals surface area contributed by atoms with Crippen molar-refractivity contribution in [3.63, 3.8) is 0 Å². The molecule has 2 aromatic heterocycles. The Bertz CT molecular complexity index is 1220. The highest BCUT2D eigenvalue weighted by atomic mass is 35.5. The van der Waals surface area contributed by atoms with Gasteiger partial charge in [-0.3, -0.25) is 4.57 Å². The summed E-state index contributed by atoms with van der Waals surface area (Å²) in [7, 11) is 0. The van der Waals surface area contributed by atoms with Gasteiger partial charge < -0.3 is 4.52 Å². The molecule has 0 N–H and O–H groups in total. The summed E-state index contributed by atoms with van der Waals surface area (Å²) in [6.07, 6.45) is -4.55. The van der Waals surface area contributed by atoms with E-state index in [1.807, 2.05) is 6.92 Å². The maximum Gasteiger partial charge on any atom is 0.418 e. The number of aromatic nitrogens is 4. The molecular formula is C21H16ClF3N4OS. The minimum Gasteiger partial charge on any atom is -0.361 e. The fraction of sp³-hybridized carbons (Fsp3) is 0.190. The number of rotatable bonds is 5. The van der Waals surface area contributed by atoms with Gasteiger partial charge in [-0.15, -0.1) is 10.2 Å². The summed E-state index contributed by atoms with van der Waals surface area (Å²) in [5.74, 6) is 1.34. The first kappa shape index (κ1) is 21.5. The van der Waals surface area contributed by atoms with Crippen LogP contribution >= 0.6 is 23.4 Å². The van der Waals surface area contributed by atoms with Gasteiger partial charge in [0.25, 0.3) is 0 Å². The van der Waals surface area contributed by atoms with Crippen molar-refractivity contribution in [2.75, 3.05) is 0 Å². The first-order valence-corrected chi connectivity index (χ1v) is 10.5. The van der Waals surface area contributed by atoms with Gasteiger partial charge in [0.15, 0.2) is 11.0 Å². The minimum absolute atomic E-state index is 0.0590. The summed E-state index contributed by atoms with van der Waals surface area (Å²) in [6, 6.07) is 12.1. The second-order valence-corrected chi connectivity index (χ2v) is 8.14. The third-order valence-electron chi connectivity index (χ3n) is 4.69. The predicted octanol–water partition coefficient (Wildman–Crippen LogP) is 6.50. The van der Waals surface area contributed by atoms with Gasteiger partial charge in [0.2, 0.25) is 0 Å². The zero-order valence-corrected chi connectivity index (χ0v) is 18.0. The average Bonchev–Trinajstić information content (AvgIpc) is 3.29. The summed E-state index contributed by atoms with van der Waals surface area (Å²) >= 11 is 7.36. The van der Waals surface area contributed by atoms with Crippen LogP contribution in [-0.2, 0) is 11.9 Å². The van der Waals surface area contributed by atoms with Crippen molar-refractivity contribution in [3.05, 3.63) is 76.1 Å². The van der Waals surface area contributed by atoms with Gasteiger partial charge >= 0.3 is 6.18 Å². The molecule has 31 heavy (non-hydrogen) atoms. The van der Waals surface area contributed by atoms with E-state index in [1.54, 1.807) is 37.3 Å². The van der Waals surface area contributed by atoms with Crippen molar-refractivity contribution >= 4 is 23.4 Å². The number of benzene rings is 2. The van der Waals surface area contributed by atoms with Gasteiger partial charge in [-0.1, -0.05) is 52.8 Å². The molecule has 0 unspecified atom stereocenters. The van der Waals surface area contributed by atoms with Crippen LogP contribution in [0.3, 0.4) is 0 Å². The molecule has 160 valence electrons. The Morgan fingerprint density at radius 2 is 1.84 bits per heavy atom. The number of nitrogens with zero attached hydrogens (tertiary/aromatic N) is 4. The smallest absolute Gasteiger partial charge is 0.361 e. The normalized spacial score (nSPS) is 11.8. The molecule has 2 aromatic carbocycles. The SMILES string of the molecule is Cc1noc(C)c1CSc1nnc(-c2cccc(Cl)c2)n1-c1ccccc1C(F)(F)F. The maximum atomic E-state index is 13.8. The Labute approximate surface area is 185 Å². The zero-order valence-electron chi connectivity index (χ0n) is 16.4. The fourth-order valence-corrected chi connectivity index (χ4v) is 4.44. The minimum atomic E-state index is -4.55. The Morgan fingerprint density at radius 3 is 2.52 bits per heavy atom. The molecule has 0 spiro atoms. The summed E-state index contributed by atoms with van der Waals surface area (Å²) in [6.45, 7) is 3.60. The highest BCUT2D eigenvalue weighted by Gasteiger charge is 2.35. The van der Waals surface area contributed by atoms with E-state index in [1.165, 1.54) is 28.5 Å². The van der Waals surface area contributed by atoms with E-state index in [-0.39, 0.29) is 11.5 Å². The molecule has 0 aliphatic heterocycles. The van der Waals surface area contributed by atoms with Crippen molar-refractivity contribution in [1.29, 1.82) is 0 Å². The molecule has 5 nitrogen and oxygen atoms in total. The maximum absolute atomic E-state index is 13.8. The number of halogens is 4. The topological polar surface area (TPSA) is 56.7 Å². The quantitative estimate of drug-likeness (QED) is 0.315. The van der Waals surface area contributed by atoms with E-state index in [2.05, 4.69) is 15.4 Å². The van der Waals surface area contributed by atoms with Crippen LogP contribution in [0.5, 0.6) is 0 Å². The molecular weight excluding hydrogens is 449 g/mol. The number of hydrogen-bond acceptors (Lipinski definition) is 5. The summed E-state index contributed by atoms with van der Waals surface area (Å²) < 4.78 is 47.9. The molecule has 0 radical (unpaired) electrons. The van der Waals surface area contributed by atoms with Gasteiger partial charge in [0.1, 0.15) is 5.76 Å². The number of aryl methyl sites for hydroxylation is 2. The highest BCUT2D eigenvalue weighted by Crippen LogP contribution is 2.38. The second kappa shape index (κ2) is 8.39. The van der Waals surface area contributed by atoms with Gasteiger partial charge in [-0.05, 0) is 38.1 Å². The number of para-hydroxylation sites is 1. The number of hydrogen-bond donors (Lipinski definition) is 0. The van der Waals surface area contributed by atoms with E-state index in [0.717, 1.165) is 17.3 Å². The van der Waals surface area contributed by atoms with Crippen LogP contribution in [0.4, 0.5) is 13.2 Å². The van der Waals surface area contributed by atoms with E-state index < -0.39 is 11.7 Å². The molecule has 4 rings (SSSR count). The fourth-order valence-electron chi connectivity index (χ4n) is 3.15. The van der Waals surface area contributed by atoms with Crippen LogP contribution in [0.25, 0.3) is 17.1 Å². The summed E-state index contributed by atoms with van der Waals surface area (Å²) in [5, 5.41) is 13.1. The molecule has 0 aliphatic carbocycles. The Hall–Kier alpha value is -2.78. The van der Waals surface area contributed by atoms with E-state index in [9.17, 15) is 13.2 Å². The van der Waals surface area contributed by atoms with Crippen molar-refractivity contribution in [1.82, 2.24) is 19.9 Å². The lowest BCUT2D eigenvalue weighted by Gasteiger charge is -2.16. The zero-order chi connectivity index (χ0) is 22.2. The molecule has 0 atom stereocenters.